The number of amides is 1. The molecular formula is C26H26N2O3S. The predicted octanol–water partition coefficient (Wildman–Crippen LogP) is 5.76. The summed E-state index contributed by atoms with van der Waals surface area (Å²) in [5, 5.41) is 4.19. The Balaban J connectivity index is 1.44. The molecule has 3 aromatic carbocycles. The van der Waals surface area contributed by atoms with E-state index in [9.17, 15) is 4.79 Å². The highest BCUT2D eigenvalue weighted by Crippen LogP contribution is 2.38. The Bertz CT molecular complexity index is 1180. The van der Waals surface area contributed by atoms with Gasteiger partial charge in [0.1, 0.15) is 11.5 Å². The molecule has 0 fully saturated rings. The van der Waals surface area contributed by atoms with Crippen molar-refractivity contribution in [1.82, 2.24) is 10.3 Å². The molecule has 5 nitrogen and oxygen atoms in total. The average Bonchev–Trinajstić information content (AvgIpc) is 3.21. The van der Waals surface area contributed by atoms with Crippen molar-refractivity contribution in [2.45, 2.75) is 11.8 Å². The minimum atomic E-state index is -0.0806. The second-order valence-electron chi connectivity index (χ2n) is 7.16. The minimum Gasteiger partial charge on any atom is -0.497 e. The van der Waals surface area contributed by atoms with Gasteiger partial charge in [0.2, 0.25) is 0 Å². The Kier molecular flexibility index (Phi) is 7.02. The van der Waals surface area contributed by atoms with Crippen LogP contribution in [0.15, 0.2) is 77.7 Å². The highest BCUT2D eigenvalue weighted by Gasteiger charge is 2.14. The summed E-state index contributed by atoms with van der Waals surface area (Å²) >= 11 is 1.74. The van der Waals surface area contributed by atoms with Crippen molar-refractivity contribution in [1.29, 1.82) is 0 Å². The van der Waals surface area contributed by atoms with Crippen molar-refractivity contribution >= 4 is 28.6 Å². The molecule has 32 heavy (non-hydrogen) atoms. The van der Waals surface area contributed by atoms with E-state index in [1.165, 1.54) is 10.3 Å². The van der Waals surface area contributed by atoms with Gasteiger partial charge in [-0.1, -0.05) is 18.2 Å². The monoisotopic (exact) mass is 446 g/mol. The summed E-state index contributed by atoms with van der Waals surface area (Å²) in [6.07, 6.45) is 0. The zero-order valence-electron chi connectivity index (χ0n) is 18.2. The van der Waals surface area contributed by atoms with Crippen LogP contribution in [0, 0.1) is 0 Å². The first-order chi connectivity index (χ1) is 15.7. The van der Waals surface area contributed by atoms with Crippen molar-refractivity contribution in [3.05, 3.63) is 78.4 Å². The maximum absolute atomic E-state index is 12.5. The van der Waals surface area contributed by atoms with Crippen LogP contribution in [0.2, 0.25) is 0 Å². The topological polar surface area (TPSA) is 63.4 Å². The lowest BCUT2D eigenvalue weighted by atomic mass is 10.1. The van der Waals surface area contributed by atoms with Crippen molar-refractivity contribution < 1.29 is 14.3 Å². The molecule has 4 aromatic rings. The summed E-state index contributed by atoms with van der Waals surface area (Å²) in [5.74, 6) is 2.28. The fourth-order valence-electron chi connectivity index (χ4n) is 3.52. The van der Waals surface area contributed by atoms with Crippen molar-refractivity contribution in [3.8, 4) is 22.8 Å². The Morgan fingerprint density at radius 2 is 1.69 bits per heavy atom. The number of carbonyl (C=O) groups excluding carboxylic acids is 1. The molecule has 0 radical (unpaired) electrons. The Labute approximate surface area is 192 Å². The number of H-pyrrole nitrogens is 1. The van der Waals surface area contributed by atoms with Gasteiger partial charge in [-0.15, -0.1) is 11.8 Å². The molecule has 6 heteroatoms. The molecule has 0 aliphatic rings. The van der Waals surface area contributed by atoms with E-state index in [2.05, 4.69) is 34.6 Å². The van der Waals surface area contributed by atoms with Crippen LogP contribution in [0.4, 0.5) is 0 Å². The van der Waals surface area contributed by atoms with E-state index >= 15 is 0 Å². The van der Waals surface area contributed by atoms with E-state index in [1.807, 2.05) is 43.3 Å². The molecule has 0 bridgehead atoms. The van der Waals surface area contributed by atoms with Gasteiger partial charge in [-0.3, -0.25) is 4.79 Å². The smallest absolute Gasteiger partial charge is 0.251 e. The third kappa shape index (κ3) is 4.92. The number of aromatic nitrogens is 1. The molecule has 0 aliphatic carbocycles. The Morgan fingerprint density at radius 1 is 0.969 bits per heavy atom. The molecule has 0 spiro atoms. The number of thioether (sulfide) groups is 1. The summed E-state index contributed by atoms with van der Waals surface area (Å²) in [6.45, 7) is 3.11. The first-order valence-corrected chi connectivity index (χ1v) is 11.6. The van der Waals surface area contributed by atoms with Crippen molar-refractivity contribution in [2.24, 2.45) is 0 Å². The van der Waals surface area contributed by atoms with Crippen LogP contribution in [-0.2, 0) is 0 Å². The van der Waals surface area contributed by atoms with Crippen LogP contribution >= 0.6 is 11.8 Å². The normalized spacial score (nSPS) is 10.8. The van der Waals surface area contributed by atoms with Crippen LogP contribution in [0.3, 0.4) is 0 Å². The number of methoxy groups -OCH3 is 1. The SMILES string of the molecule is CCOc1ccc(C(=O)NCCSc2c(-c3ccc(OC)cc3)[nH]c3ccccc23)cc1. The summed E-state index contributed by atoms with van der Waals surface area (Å²) in [6, 6.07) is 23.5. The van der Waals surface area contributed by atoms with E-state index < -0.39 is 0 Å². The average molecular weight is 447 g/mol. The molecule has 0 unspecified atom stereocenters. The third-order valence-corrected chi connectivity index (χ3v) is 6.22. The van der Waals surface area contributed by atoms with Gasteiger partial charge in [-0.25, -0.2) is 0 Å². The van der Waals surface area contributed by atoms with E-state index in [1.54, 1.807) is 31.0 Å². The quantitative estimate of drug-likeness (QED) is 0.253. The van der Waals surface area contributed by atoms with Gasteiger partial charge in [0, 0.05) is 33.7 Å². The minimum absolute atomic E-state index is 0.0806. The second-order valence-corrected chi connectivity index (χ2v) is 8.27. The number of hydrogen-bond acceptors (Lipinski definition) is 4. The summed E-state index contributed by atoms with van der Waals surface area (Å²) in [7, 11) is 1.67. The van der Waals surface area contributed by atoms with Gasteiger partial charge < -0.3 is 19.8 Å². The largest absolute Gasteiger partial charge is 0.497 e. The molecule has 1 aromatic heterocycles. The molecule has 0 saturated carbocycles. The summed E-state index contributed by atoms with van der Waals surface area (Å²) < 4.78 is 10.7. The molecule has 164 valence electrons. The van der Waals surface area contributed by atoms with E-state index in [0.29, 0.717) is 18.7 Å². The lowest BCUT2D eigenvalue weighted by Crippen LogP contribution is -2.25. The standard InChI is InChI=1S/C26H26N2O3S/c1-3-31-21-14-10-19(11-15-21)26(29)27-16-17-32-25-22-6-4-5-7-23(22)28-24(25)18-8-12-20(30-2)13-9-18/h4-15,28H,3,16-17H2,1-2H3,(H,27,29). The van der Waals surface area contributed by atoms with E-state index in [0.717, 1.165) is 34.0 Å². The molecular weight excluding hydrogens is 420 g/mol. The van der Waals surface area contributed by atoms with Gasteiger partial charge >= 0.3 is 0 Å². The summed E-state index contributed by atoms with van der Waals surface area (Å²) in [4.78, 5) is 17.2. The fourth-order valence-corrected chi connectivity index (χ4v) is 4.57. The zero-order valence-corrected chi connectivity index (χ0v) is 19.0. The fraction of sp³-hybridized carbons (Fsp3) is 0.192. The molecule has 0 atom stereocenters. The zero-order chi connectivity index (χ0) is 22.3. The highest BCUT2D eigenvalue weighted by atomic mass is 32.2. The second kappa shape index (κ2) is 10.3. The van der Waals surface area contributed by atoms with Gasteiger partial charge in [0.15, 0.2) is 0 Å². The predicted molar refractivity (Wildman–Crippen MR) is 131 cm³/mol. The lowest BCUT2D eigenvalue weighted by Gasteiger charge is -2.08. The maximum Gasteiger partial charge on any atom is 0.251 e. The number of benzene rings is 3. The number of fused-ring (bicyclic) bond motifs is 1. The van der Waals surface area contributed by atoms with Gasteiger partial charge in [-0.05, 0) is 67.1 Å². The number of carbonyl (C=O) groups is 1. The lowest BCUT2D eigenvalue weighted by molar-refractivity contribution is 0.0956. The van der Waals surface area contributed by atoms with Crippen LogP contribution in [0.5, 0.6) is 11.5 Å². The first-order valence-electron chi connectivity index (χ1n) is 10.6. The van der Waals surface area contributed by atoms with Gasteiger partial charge in [-0.2, -0.15) is 0 Å². The number of rotatable bonds is 9. The highest BCUT2D eigenvalue weighted by molar-refractivity contribution is 7.99. The summed E-state index contributed by atoms with van der Waals surface area (Å²) in [5.41, 5.74) is 3.91. The molecule has 1 amide bonds. The third-order valence-electron chi connectivity index (χ3n) is 5.10. The number of aromatic amines is 1. The molecule has 4 rings (SSSR count). The molecule has 1 heterocycles. The van der Waals surface area contributed by atoms with Crippen LogP contribution < -0.4 is 14.8 Å². The van der Waals surface area contributed by atoms with Crippen LogP contribution in [0.1, 0.15) is 17.3 Å². The van der Waals surface area contributed by atoms with Crippen molar-refractivity contribution in [3.63, 3.8) is 0 Å². The first kappa shape index (κ1) is 21.8. The Morgan fingerprint density at radius 3 is 2.41 bits per heavy atom. The Hall–Kier alpha value is -3.38. The number of para-hydroxylation sites is 1. The molecule has 0 aliphatic heterocycles. The number of hydrogen-bond donors (Lipinski definition) is 2. The van der Waals surface area contributed by atoms with Gasteiger partial charge in [0.25, 0.3) is 5.91 Å². The number of nitrogens with one attached hydrogen (secondary N) is 2. The van der Waals surface area contributed by atoms with Crippen LogP contribution in [0.25, 0.3) is 22.2 Å². The molecule has 0 saturated heterocycles. The molecule has 2 N–H and O–H groups in total. The van der Waals surface area contributed by atoms with Crippen LogP contribution in [-0.4, -0.2) is 36.9 Å². The van der Waals surface area contributed by atoms with E-state index in [4.69, 9.17) is 9.47 Å². The van der Waals surface area contributed by atoms with Gasteiger partial charge in [0.05, 0.1) is 19.4 Å². The van der Waals surface area contributed by atoms with Crippen molar-refractivity contribution in [2.75, 3.05) is 26.0 Å². The number of ether oxygens (including phenoxy) is 2. The van der Waals surface area contributed by atoms with E-state index in [-0.39, 0.29) is 5.91 Å². The maximum atomic E-state index is 12.5.